The number of carbonyl (C=O) groups is 2. The van der Waals surface area contributed by atoms with Gasteiger partial charge in [0.05, 0.1) is 11.1 Å². The van der Waals surface area contributed by atoms with Crippen molar-refractivity contribution < 1.29 is 9.59 Å². The van der Waals surface area contributed by atoms with Crippen LogP contribution in [0.1, 0.15) is 20.7 Å². The fraction of sp³-hybridized carbons (Fsp3) is 0.333. The van der Waals surface area contributed by atoms with E-state index in [1.165, 1.54) is 0 Å². The highest BCUT2D eigenvalue weighted by Crippen LogP contribution is 2.08. The molecule has 2 atom stereocenters. The Balaban J connectivity index is 2.85. The van der Waals surface area contributed by atoms with Gasteiger partial charge >= 0.3 is 0 Å². The highest BCUT2D eigenvalue weighted by molar-refractivity contribution is 7.16. The average Bonchev–Trinajstić information content (AvgIpc) is 2.42. The van der Waals surface area contributed by atoms with Gasteiger partial charge in [-0.3, -0.25) is 9.59 Å². The minimum Gasteiger partial charge on any atom is -0.352 e. The molecule has 0 radical (unpaired) electrons. The molecule has 0 spiro atoms. The van der Waals surface area contributed by atoms with Gasteiger partial charge in [0.15, 0.2) is 0 Å². The molecule has 0 saturated heterocycles. The molecule has 2 unspecified atom stereocenters. The van der Waals surface area contributed by atoms with Crippen LogP contribution in [0.2, 0.25) is 0 Å². The summed E-state index contributed by atoms with van der Waals surface area (Å²) in [6.07, 6.45) is 1.57. The standard InChI is InChI=1S/C12H18N2O2P2/c15-11(13-5-7-17)9-3-1-2-4-10(9)12(16)14-6-8-18/h1-4H,5-8,17-18H2,(H,13,15)(H,14,16). The summed E-state index contributed by atoms with van der Waals surface area (Å²) in [6.45, 7) is 1.15. The molecule has 18 heavy (non-hydrogen) atoms. The Bertz CT molecular complexity index is 385. The predicted octanol–water partition coefficient (Wildman–Crippen LogP) is 0.896. The van der Waals surface area contributed by atoms with E-state index in [2.05, 4.69) is 29.1 Å². The number of rotatable bonds is 6. The summed E-state index contributed by atoms with van der Waals surface area (Å²) in [6, 6.07) is 6.83. The van der Waals surface area contributed by atoms with Gasteiger partial charge < -0.3 is 10.6 Å². The summed E-state index contributed by atoms with van der Waals surface area (Å²) < 4.78 is 0. The maximum absolute atomic E-state index is 11.9. The van der Waals surface area contributed by atoms with Gasteiger partial charge in [-0.25, -0.2) is 0 Å². The van der Waals surface area contributed by atoms with E-state index in [0.29, 0.717) is 24.2 Å². The molecule has 0 bridgehead atoms. The third kappa shape index (κ3) is 4.36. The number of amides is 2. The van der Waals surface area contributed by atoms with E-state index in [9.17, 15) is 9.59 Å². The van der Waals surface area contributed by atoms with E-state index >= 15 is 0 Å². The van der Waals surface area contributed by atoms with Crippen LogP contribution >= 0.6 is 18.5 Å². The quantitative estimate of drug-likeness (QED) is 0.762. The normalized spacial score (nSPS) is 9.89. The molecule has 2 amide bonds. The molecule has 98 valence electrons. The molecular formula is C12H18N2O2P2. The van der Waals surface area contributed by atoms with Gasteiger partial charge in [-0.1, -0.05) is 12.1 Å². The Morgan fingerprint density at radius 3 is 1.61 bits per heavy atom. The molecule has 0 aliphatic carbocycles. The lowest BCUT2D eigenvalue weighted by atomic mass is 10.1. The number of hydrogen-bond donors (Lipinski definition) is 2. The number of nitrogens with one attached hydrogen (secondary N) is 2. The Labute approximate surface area is 112 Å². The maximum atomic E-state index is 11.9. The van der Waals surface area contributed by atoms with Crippen LogP contribution in [-0.2, 0) is 0 Å². The molecule has 1 rings (SSSR count). The van der Waals surface area contributed by atoms with Crippen molar-refractivity contribution in [2.24, 2.45) is 0 Å². The van der Waals surface area contributed by atoms with E-state index in [1.54, 1.807) is 24.3 Å². The lowest BCUT2D eigenvalue weighted by Crippen LogP contribution is -2.31. The zero-order valence-corrected chi connectivity index (χ0v) is 12.4. The van der Waals surface area contributed by atoms with Crippen LogP contribution in [0.3, 0.4) is 0 Å². The third-order valence-electron chi connectivity index (χ3n) is 2.28. The molecule has 1 aromatic carbocycles. The second-order valence-corrected chi connectivity index (χ2v) is 4.79. The Hall–Kier alpha value is -0.980. The molecular weight excluding hydrogens is 266 g/mol. The number of hydrogen-bond acceptors (Lipinski definition) is 2. The predicted molar refractivity (Wildman–Crippen MR) is 80.3 cm³/mol. The first-order valence-corrected chi connectivity index (χ1v) is 7.39. The third-order valence-corrected chi connectivity index (χ3v) is 2.85. The second-order valence-electron chi connectivity index (χ2n) is 3.63. The lowest BCUT2D eigenvalue weighted by molar-refractivity contribution is 0.0922. The fourth-order valence-corrected chi connectivity index (χ4v) is 1.73. The molecule has 0 aliphatic heterocycles. The molecule has 6 heteroatoms. The first-order valence-electron chi connectivity index (χ1n) is 5.76. The molecule has 0 saturated carbocycles. The molecule has 4 nitrogen and oxygen atoms in total. The van der Waals surface area contributed by atoms with E-state index in [-0.39, 0.29) is 11.8 Å². The van der Waals surface area contributed by atoms with Crippen molar-refractivity contribution >= 4 is 30.3 Å². The van der Waals surface area contributed by atoms with Gasteiger partial charge in [-0.15, -0.1) is 18.5 Å². The minimum atomic E-state index is -0.214. The topological polar surface area (TPSA) is 58.2 Å². The summed E-state index contributed by atoms with van der Waals surface area (Å²) >= 11 is 0. The molecule has 0 heterocycles. The number of benzene rings is 1. The smallest absolute Gasteiger partial charge is 0.252 e. The average molecular weight is 284 g/mol. The van der Waals surface area contributed by atoms with Crippen molar-refractivity contribution in [3.05, 3.63) is 35.4 Å². The molecule has 0 aromatic heterocycles. The van der Waals surface area contributed by atoms with Gasteiger partial charge in [-0.05, 0) is 24.5 Å². The molecule has 0 aliphatic rings. The van der Waals surface area contributed by atoms with Crippen LogP contribution in [0.4, 0.5) is 0 Å². The zero-order chi connectivity index (χ0) is 13.4. The zero-order valence-electron chi connectivity index (χ0n) is 10.1. The first-order chi connectivity index (χ1) is 8.70. The summed E-state index contributed by atoms with van der Waals surface area (Å²) in [5, 5.41) is 5.51. The SMILES string of the molecule is O=C(NCCP)c1ccccc1C(=O)NCCP. The van der Waals surface area contributed by atoms with Crippen molar-refractivity contribution in [2.75, 3.05) is 25.4 Å². The van der Waals surface area contributed by atoms with Crippen LogP contribution < -0.4 is 10.6 Å². The van der Waals surface area contributed by atoms with Gasteiger partial charge in [0.1, 0.15) is 0 Å². The highest BCUT2D eigenvalue weighted by atomic mass is 31.0. The van der Waals surface area contributed by atoms with E-state index in [0.717, 1.165) is 12.3 Å². The monoisotopic (exact) mass is 284 g/mol. The van der Waals surface area contributed by atoms with Crippen molar-refractivity contribution in [3.8, 4) is 0 Å². The van der Waals surface area contributed by atoms with Crippen LogP contribution in [-0.4, -0.2) is 37.2 Å². The highest BCUT2D eigenvalue weighted by Gasteiger charge is 2.15. The van der Waals surface area contributed by atoms with Gasteiger partial charge in [-0.2, -0.15) is 0 Å². The fourth-order valence-electron chi connectivity index (χ4n) is 1.44. The van der Waals surface area contributed by atoms with Crippen LogP contribution in [0.15, 0.2) is 24.3 Å². The van der Waals surface area contributed by atoms with Crippen molar-refractivity contribution in [2.45, 2.75) is 0 Å². The minimum absolute atomic E-state index is 0.214. The summed E-state index contributed by atoms with van der Waals surface area (Å²) in [7, 11) is 5.08. The lowest BCUT2D eigenvalue weighted by Gasteiger charge is -2.09. The molecule has 0 fully saturated rings. The maximum Gasteiger partial charge on any atom is 0.252 e. The van der Waals surface area contributed by atoms with Crippen molar-refractivity contribution in [1.82, 2.24) is 10.6 Å². The molecule has 1 aromatic rings. The number of carbonyl (C=O) groups excluding carboxylic acids is 2. The second kappa shape index (κ2) is 8.18. The largest absolute Gasteiger partial charge is 0.352 e. The van der Waals surface area contributed by atoms with Gasteiger partial charge in [0, 0.05) is 13.1 Å². The van der Waals surface area contributed by atoms with Gasteiger partial charge in [0.25, 0.3) is 11.8 Å². The summed E-state index contributed by atoms with van der Waals surface area (Å²) in [5.74, 6) is -0.428. The molecule has 2 N–H and O–H groups in total. The van der Waals surface area contributed by atoms with Crippen LogP contribution in [0.25, 0.3) is 0 Å². The van der Waals surface area contributed by atoms with Gasteiger partial charge in [0.2, 0.25) is 0 Å². The van der Waals surface area contributed by atoms with E-state index in [1.807, 2.05) is 0 Å². The van der Waals surface area contributed by atoms with Crippen molar-refractivity contribution in [1.29, 1.82) is 0 Å². The Kier molecular flexibility index (Phi) is 6.85. The first kappa shape index (κ1) is 15.1. The summed E-state index contributed by atoms with van der Waals surface area (Å²) in [4.78, 5) is 23.8. The van der Waals surface area contributed by atoms with Crippen LogP contribution in [0, 0.1) is 0 Å². The Morgan fingerprint density at radius 1 is 0.889 bits per heavy atom. The summed E-state index contributed by atoms with van der Waals surface area (Å²) in [5.41, 5.74) is 0.828. The van der Waals surface area contributed by atoms with E-state index < -0.39 is 0 Å². The van der Waals surface area contributed by atoms with Crippen molar-refractivity contribution in [3.63, 3.8) is 0 Å². The van der Waals surface area contributed by atoms with Crippen LogP contribution in [0.5, 0.6) is 0 Å². The Morgan fingerprint density at radius 2 is 1.28 bits per heavy atom. The van der Waals surface area contributed by atoms with E-state index in [4.69, 9.17) is 0 Å².